The second-order valence-electron chi connectivity index (χ2n) is 4.60. The molecule has 1 aromatic heterocycles. The first-order valence-electron chi connectivity index (χ1n) is 6.36. The molecule has 1 aliphatic rings. The summed E-state index contributed by atoms with van der Waals surface area (Å²) in [5.41, 5.74) is 0.685. The van der Waals surface area contributed by atoms with Crippen molar-refractivity contribution >= 4 is 12.1 Å². The molecule has 0 radical (unpaired) electrons. The minimum absolute atomic E-state index is 0.103. The maximum atomic E-state index is 11.9. The number of hydrogen-bond donors (Lipinski definition) is 1. The van der Waals surface area contributed by atoms with Gasteiger partial charge < -0.3 is 9.84 Å². The molecule has 0 bridgehead atoms. The minimum atomic E-state index is -1.04. The molecule has 0 spiro atoms. The van der Waals surface area contributed by atoms with Gasteiger partial charge in [0.15, 0.2) is 0 Å². The van der Waals surface area contributed by atoms with Crippen molar-refractivity contribution in [3.05, 3.63) is 30.1 Å². The summed E-state index contributed by atoms with van der Waals surface area (Å²) in [6.45, 7) is 4.23. The van der Waals surface area contributed by atoms with Crippen LogP contribution < -0.4 is 0 Å². The summed E-state index contributed by atoms with van der Waals surface area (Å²) in [6, 6.07) is 1.28. The molecule has 20 heavy (non-hydrogen) atoms. The van der Waals surface area contributed by atoms with Crippen molar-refractivity contribution in [2.45, 2.75) is 18.9 Å². The van der Waals surface area contributed by atoms with Crippen molar-refractivity contribution in [1.82, 2.24) is 14.7 Å². The number of rotatable bonds is 4. The number of hydrogen-bond acceptors (Lipinski definition) is 4. The molecule has 0 aromatic carbocycles. The van der Waals surface area contributed by atoms with E-state index in [1.54, 1.807) is 11.9 Å². The number of nitrogens with zero attached hydrogens (tertiary/aromatic N) is 3. The second kappa shape index (κ2) is 5.77. The van der Waals surface area contributed by atoms with Gasteiger partial charge in [-0.15, -0.1) is 0 Å². The van der Waals surface area contributed by atoms with Crippen LogP contribution in [0, 0.1) is 0 Å². The summed E-state index contributed by atoms with van der Waals surface area (Å²) in [4.78, 5) is 24.5. The van der Waals surface area contributed by atoms with E-state index in [0.717, 1.165) is 12.8 Å². The molecular weight excluding hydrogens is 262 g/mol. The van der Waals surface area contributed by atoms with Crippen LogP contribution in [-0.2, 0) is 11.8 Å². The van der Waals surface area contributed by atoms with Gasteiger partial charge in [0.1, 0.15) is 12.3 Å². The van der Waals surface area contributed by atoms with Crippen LogP contribution in [0.25, 0.3) is 0 Å². The quantitative estimate of drug-likeness (QED) is 0.846. The zero-order chi connectivity index (χ0) is 14.7. The molecular formula is C13H17N3O4. The Hall–Kier alpha value is -2.31. The summed E-state index contributed by atoms with van der Waals surface area (Å²) in [5.74, 6) is -1.04. The van der Waals surface area contributed by atoms with Crippen LogP contribution in [0.15, 0.2) is 18.7 Å². The highest BCUT2D eigenvalue weighted by atomic mass is 16.6. The predicted molar refractivity (Wildman–Crippen MR) is 70.4 cm³/mol. The normalized spacial score (nSPS) is 18.1. The van der Waals surface area contributed by atoms with E-state index in [1.165, 1.54) is 16.8 Å². The highest BCUT2D eigenvalue weighted by molar-refractivity contribution is 5.85. The van der Waals surface area contributed by atoms with Crippen molar-refractivity contribution in [3.8, 4) is 0 Å². The molecule has 1 aliphatic heterocycles. The monoisotopic (exact) mass is 279 g/mol. The third kappa shape index (κ3) is 2.66. The van der Waals surface area contributed by atoms with Crippen LogP contribution in [0.2, 0.25) is 0 Å². The zero-order valence-electron chi connectivity index (χ0n) is 11.3. The van der Waals surface area contributed by atoms with Gasteiger partial charge in [0.05, 0.1) is 11.7 Å². The lowest BCUT2D eigenvalue weighted by atomic mass is 10.1. The van der Waals surface area contributed by atoms with E-state index in [1.807, 2.05) is 0 Å². The van der Waals surface area contributed by atoms with Gasteiger partial charge in [0.2, 0.25) is 0 Å². The molecule has 1 unspecified atom stereocenters. The number of carboxylic acids is 1. The maximum Gasteiger partial charge on any atom is 0.410 e. The smallest absolute Gasteiger partial charge is 0.410 e. The number of carboxylic acid groups (broad SMARTS) is 1. The first-order chi connectivity index (χ1) is 9.54. The molecule has 1 saturated heterocycles. The number of aromatic nitrogens is 2. The lowest BCUT2D eigenvalue weighted by Crippen LogP contribution is -2.31. The first kappa shape index (κ1) is 14.1. The Morgan fingerprint density at radius 3 is 3.00 bits per heavy atom. The van der Waals surface area contributed by atoms with Gasteiger partial charge in [-0.3, -0.25) is 9.58 Å². The lowest BCUT2D eigenvalue weighted by Gasteiger charge is -2.22. The van der Waals surface area contributed by atoms with Crippen LogP contribution in [0.4, 0.5) is 4.79 Å². The molecule has 1 N–H and O–H groups in total. The SMILES string of the molecule is C=CCOC(=O)N1CCCC1c1cc(C(=O)O)n(C)n1. The predicted octanol–water partition coefficient (Wildman–Crippen LogP) is 1.58. The topological polar surface area (TPSA) is 84.7 Å². The number of carbonyl (C=O) groups excluding carboxylic acids is 1. The van der Waals surface area contributed by atoms with E-state index in [-0.39, 0.29) is 18.3 Å². The Labute approximate surface area is 116 Å². The molecule has 108 valence electrons. The summed E-state index contributed by atoms with van der Waals surface area (Å²) in [6.07, 6.45) is 2.67. The number of amides is 1. The lowest BCUT2D eigenvalue weighted by molar-refractivity contribution is 0.0685. The number of ether oxygens (including phenoxy) is 1. The van der Waals surface area contributed by atoms with Gasteiger partial charge in [0, 0.05) is 13.6 Å². The van der Waals surface area contributed by atoms with Gasteiger partial charge in [-0.2, -0.15) is 5.10 Å². The van der Waals surface area contributed by atoms with E-state index in [4.69, 9.17) is 9.84 Å². The molecule has 0 aliphatic carbocycles. The van der Waals surface area contributed by atoms with Crippen molar-refractivity contribution in [2.24, 2.45) is 7.05 Å². The van der Waals surface area contributed by atoms with Crippen LogP contribution in [0.3, 0.4) is 0 Å². The van der Waals surface area contributed by atoms with Crippen molar-refractivity contribution in [3.63, 3.8) is 0 Å². The van der Waals surface area contributed by atoms with Crippen molar-refractivity contribution in [2.75, 3.05) is 13.2 Å². The Bertz CT molecular complexity index is 538. The van der Waals surface area contributed by atoms with Gasteiger partial charge in [-0.05, 0) is 18.9 Å². The van der Waals surface area contributed by atoms with Crippen LogP contribution in [0.5, 0.6) is 0 Å². The third-order valence-electron chi connectivity index (χ3n) is 3.27. The molecule has 1 fully saturated rings. The van der Waals surface area contributed by atoms with Crippen molar-refractivity contribution in [1.29, 1.82) is 0 Å². The standard InChI is InChI=1S/C13H17N3O4/c1-3-7-20-13(19)16-6-4-5-10(16)9-8-11(12(17)18)15(2)14-9/h3,8,10H,1,4-7H2,2H3,(H,17,18). The number of carbonyl (C=O) groups is 2. The molecule has 2 rings (SSSR count). The minimum Gasteiger partial charge on any atom is -0.477 e. The summed E-state index contributed by atoms with van der Waals surface area (Å²) in [5, 5.41) is 13.2. The van der Waals surface area contributed by atoms with Gasteiger partial charge in [-0.1, -0.05) is 12.7 Å². The summed E-state index contributed by atoms with van der Waals surface area (Å²) >= 11 is 0. The van der Waals surface area contributed by atoms with E-state index in [2.05, 4.69) is 11.7 Å². The van der Waals surface area contributed by atoms with Crippen LogP contribution >= 0.6 is 0 Å². The van der Waals surface area contributed by atoms with Gasteiger partial charge in [-0.25, -0.2) is 9.59 Å². The second-order valence-corrected chi connectivity index (χ2v) is 4.60. The molecule has 0 saturated carbocycles. The van der Waals surface area contributed by atoms with E-state index >= 15 is 0 Å². The van der Waals surface area contributed by atoms with Gasteiger partial charge >= 0.3 is 12.1 Å². The number of likely N-dealkylation sites (tertiary alicyclic amines) is 1. The fourth-order valence-electron chi connectivity index (χ4n) is 2.36. The molecule has 1 atom stereocenters. The van der Waals surface area contributed by atoms with E-state index in [9.17, 15) is 9.59 Å². The van der Waals surface area contributed by atoms with E-state index < -0.39 is 12.1 Å². The number of aromatic carboxylic acids is 1. The average Bonchev–Trinajstić information content (AvgIpc) is 3.01. The zero-order valence-corrected chi connectivity index (χ0v) is 11.3. The highest BCUT2D eigenvalue weighted by Gasteiger charge is 2.33. The molecule has 1 aromatic rings. The Balaban J connectivity index is 2.18. The first-order valence-corrected chi connectivity index (χ1v) is 6.36. The van der Waals surface area contributed by atoms with Crippen LogP contribution in [0.1, 0.15) is 35.1 Å². The molecule has 7 heteroatoms. The average molecular weight is 279 g/mol. The fraction of sp³-hybridized carbons (Fsp3) is 0.462. The van der Waals surface area contributed by atoms with Crippen LogP contribution in [-0.4, -0.2) is 45.0 Å². The fourth-order valence-corrected chi connectivity index (χ4v) is 2.36. The molecule has 7 nitrogen and oxygen atoms in total. The maximum absolute atomic E-state index is 11.9. The van der Waals surface area contributed by atoms with E-state index in [0.29, 0.717) is 12.2 Å². The Morgan fingerprint density at radius 1 is 1.65 bits per heavy atom. The molecule has 1 amide bonds. The summed E-state index contributed by atoms with van der Waals surface area (Å²) in [7, 11) is 1.57. The van der Waals surface area contributed by atoms with Crippen molar-refractivity contribution < 1.29 is 19.4 Å². The number of aryl methyl sites for hydroxylation is 1. The largest absolute Gasteiger partial charge is 0.477 e. The highest BCUT2D eigenvalue weighted by Crippen LogP contribution is 2.31. The molecule has 2 heterocycles. The Kier molecular flexibility index (Phi) is 4.07. The van der Waals surface area contributed by atoms with Gasteiger partial charge in [0.25, 0.3) is 0 Å². The third-order valence-corrected chi connectivity index (χ3v) is 3.27. The summed E-state index contributed by atoms with van der Waals surface area (Å²) < 4.78 is 6.34. The Morgan fingerprint density at radius 2 is 2.40 bits per heavy atom.